The molecule has 1 atom stereocenters. The monoisotopic (exact) mass is 240 g/mol. The van der Waals surface area contributed by atoms with Gasteiger partial charge in [0.05, 0.1) is 6.42 Å². The third-order valence-corrected chi connectivity index (χ3v) is 3.26. The van der Waals surface area contributed by atoms with Crippen molar-refractivity contribution >= 4 is 23.0 Å². The molecule has 0 amide bonds. The zero-order valence-electron chi connectivity index (χ0n) is 9.63. The van der Waals surface area contributed by atoms with Crippen LogP contribution in [-0.4, -0.2) is 22.3 Å². The van der Waals surface area contributed by atoms with Gasteiger partial charge in [0.25, 0.3) is 0 Å². The second-order valence-corrected chi connectivity index (χ2v) is 4.40. The molecular weight excluding hydrogens is 228 g/mol. The van der Waals surface area contributed by atoms with Crippen molar-refractivity contribution in [2.24, 2.45) is 4.99 Å². The van der Waals surface area contributed by atoms with E-state index in [0.29, 0.717) is 0 Å². The molecular formula is C14H12N2O2. The maximum absolute atomic E-state index is 11.1. The lowest BCUT2D eigenvalue weighted by atomic mass is 9.85. The molecule has 0 spiro atoms. The molecule has 4 heteroatoms. The molecule has 3 rings (SSSR count). The van der Waals surface area contributed by atoms with Crippen LogP contribution < -0.4 is 0 Å². The van der Waals surface area contributed by atoms with Gasteiger partial charge in [0.15, 0.2) is 0 Å². The number of aromatic nitrogens is 1. The molecule has 0 aliphatic carbocycles. The SMILES string of the molecule is O=C(O)CC1(c2cccc3c[nH]cc23)C=CC=N1. The first-order valence-electron chi connectivity index (χ1n) is 5.72. The predicted octanol–water partition coefficient (Wildman–Crippen LogP) is 2.48. The molecule has 0 saturated heterocycles. The van der Waals surface area contributed by atoms with Gasteiger partial charge in [-0.05, 0) is 17.0 Å². The van der Waals surface area contributed by atoms with Crippen LogP contribution in [0, 0.1) is 0 Å². The Morgan fingerprint density at radius 3 is 3.00 bits per heavy atom. The number of allylic oxidation sites excluding steroid dienone is 1. The van der Waals surface area contributed by atoms with Crippen LogP contribution in [0.3, 0.4) is 0 Å². The number of hydrogen-bond donors (Lipinski definition) is 2. The Balaban J connectivity index is 2.22. The van der Waals surface area contributed by atoms with Crippen molar-refractivity contribution in [3.63, 3.8) is 0 Å². The summed E-state index contributed by atoms with van der Waals surface area (Å²) in [5.74, 6) is -0.855. The van der Waals surface area contributed by atoms with Gasteiger partial charge in [-0.15, -0.1) is 0 Å². The van der Waals surface area contributed by atoms with E-state index in [4.69, 9.17) is 5.11 Å². The lowest BCUT2D eigenvalue weighted by Crippen LogP contribution is -2.23. The van der Waals surface area contributed by atoms with E-state index < -0.39 is 11.5 Å². The summed E-state index contributed by atoms with van der Waals surface area (Å²) < 4.78 is 0. The van der Waals surface area contributed by atoms with E-state index in [9.17, 15) is 4.79 Å². The molecule has 2 heterocycles. The average molecular weight is 240 g/mol. The van der Waals surface area contributed by atoms with Gasteiger partial charge in [-0.2, -0.15) is 0 Å². The summed E-state index contributed by atoms with van der Waals surface area (Å²) in [6, 6.07) is 5.86. The molecule has 2 N–H and O–H groups in total. The molecule has 1 aliphatic rings. The molecule has 1 aromatic carbocycles. The topological polar surface area (TPSA) is 65.4 Å². The average Bonchev–Trinajstić information content (AvgIpc) is 2.96. The van der Waals surface area contributed by atoms with Crippen molar-refractivity contribution in [3.8, 4) is 0 Å². The van der Waals surface area contributed by atoms with Gasteiger partial charge < -0.3 is 10.1 Å². The molecule has 0 radical (unpaired) electrons. The van der Waals surface area contributed by atoms with Crippen molar-refractivity contribution in [1.82, 2.24) is 4.98 Å². The van der Waals surface area contributed by atoms with Crippen molar-refractivity contribution in [1.29, 1.82) is 0 Å². The lowest BCUT2D eigenvalue weighted by molar-refractivity contribution is -0.138. The highest BCUT2D eigenvalue weighted by atomic mass is 16.4. The number of carboxylic acids is 1. The van der Waals surface area contributed by atoms with Gasteiger partial charge in [-0.1, -0.05) is 24.3 Å². The van der Waals surface area contributed by atoms with Gasteiger partial charge >= 0.3 is 5.97 Å². The summed E-state index contributed by atoms with van der Waals surface area (Å²) in [5.41, 5.74) is 0.154. The first-order chi connectivity index (χ1) is 8.71. The number of nitrogens with zero attached hydrogens (tertiary/aromatic N) is 1. The van der Waals surface area contributed by atoms with Crippen LogP contribution in [0.4, 0.5) is 0 Å². The van der Waals surface area contributed by atoms with Crippen molar-refractivity contribution in [2.75, 3.05) is 0 Å². The number of rotatable bonds is 3. The first kappa shape index (κ1) is 10.8. The predicted molar refractivity (Wildman–Crippen MR) is 69.9 cm³/mol. The third kappa shape index (κ3) is 1.54. The van der Waals surface area contributed by atoms with E-state index >= 15 is 0 Å². The Bertz CT molecular complexity index is 655. The highest BCUT2D eigenvalue weighted by Gasteiger charge is 2.34. The van der Waals surface area contributed by atoms with Gasteiger partial charge in [-0.25, -0.2) is 0 Å². The van der Waals surface area contributed by atoms with Gasteiger partial charge in [-0.3, -0.25) is 9.79 Å². The zero-order chi connectivity index (χ0) is 12.6. The van der Waals surface area contributed by atoms with Crippen molar-refractivity contribution in [3.05, 3.63) is 48.3 Å². The number of benzene rings is 1. The standard InChI is InChI=1S/C14H12N2O2/c17-13(18)7-14(5-2-6-16-14)12-4-1-3-10-8-15-9-11(10)12/h1-6,8-9,15H,7H2,(H,17,18). The molecule has 1 unspecified atom stereocenters. The third-order valence-electron chi connectivity index (χ3n) is 3.26. The van der Waals surface area contributed by atoms with Gasteiger partial charge in [0.2, 0.25) is 0 Å². The molecule has 0 fully saturated rings. The largest absolute Gasteiger partial charge is 0.481 e. The van der Waals surface area contributed by atoms with Crippen LogP contribution in [0.25, 0.3) is 10.8 Å². The second kappa shape index (κ2) is 3.84. The molecule has 2 aromatic rings. The Kier molecular flexibility index (Phi) is 2.30. The number of aliphatic imine (C=N–C) groups is 1. The summed E-state index contributed by atoms with van der Waals surface area (Å²) in [6.07, 6.45) is 9.06. The molecule has 0 bridgehead atoms. The smallest absolute Gasteiger partial charge is 0.306 e. The van der Waals surface area contributed by atoms with Crippen molar-refractivity contribution in [2.45, 2.75) is 12.0 Å². The van der Waals surface area contributed by atoms with E-state index in [-0.39, 0.29) is 6.42 Å². The van der Waals surface area contributed by atoms with E-state index in [1.807, 2.05) is 36.7 Å². The van der Waals surface area contributed by atoms with Crippen LogP contribution in [-0.2, 0) is 10.3 Å². The quantitative estimate of drug-likeness (QED) is 0.865. The minimum absolute atomic E-state index is 0.0374. The fraction of sp³-hybridized carbons (Fsp3) is 0.143. The van der Waals surface area contributed by atoms with Crippen molar-refractivity contribution < 1.29 is 9.90 Å². The Morgan fingerprint density at radius 1 is 1.39 bits per heavy atom. The number of H-pyrrole nitrogens is 1. The minimum atomic E-state index is -0.855. The van der Waals surface area contributed by atoms with E-state index in [1.54, 1.807) is 12.3 Å². The molecule has 0 saturated carbocycles. The number of aliphatic carboxylic acids is 1. The van der Waals surface area contributed by atoms with Gasteiger partial charge in [0, 0.05) is 24.0 Å². The maximum atomic E-state index is 11.1. The van der Waals surface area contributed by atoms with Crippen LogP contribution in [0.1, 0.15) is 12.0 Å². The number of carbonyl (C=O) groups is 1. The normalized spacial score (nSPS) is 21.8. The van der Waals surface area contributed by atoms with Gasteiger partial charge in [0.1, 0.15) is 5.54 Å². The van der Waals surface area contributed by atoms with Crippen LogP contribution in [0.15, 0.2) is 47.7 Å². The number of fused-ring (bicyclic) bond motifs is 1. The zero-order valence-corrected chi connectivity index (χ0v) is 9.63. The lowest BCUT2D eigenvalue weighted by Gasteiger charge is -2.23. The number of aromatic amines is 1. The summed E-state index contributed by atoms with van der Waals surface area (Å²) in [5, 5.41) is 11.2. The highest BCUT2D eigenvalue weighted by Crippen LogP contribution is 2.37. The first-order valence-corrected chi connectivity index (χ1v) is 5.72. The van der Waals surface area contributed by atoms with E-state index in [1.165, 1.54) is 0 Å². The summed E-state index contributed by atoms with van der Waals surface area (Å²) in [7, 11) is 0. The Labute approximate surface area is 104 Å². The summed E-state index contributed by atoms with van der Waals surface area (Å²) >= 11 is 0. The minimum Gasteiger partial charge on any atom is -0.481 e. The summed E-state index contributed by atoms with van der Waals surface area (Å²) in [6.45, 7) is 0. The molecule has 1 aliphatic heterocycles. The fourth-order valence-electron chi connectivity index (χ4n) is 2.47. The fourth-order valence-corrected chi connectivity index (χ4v) is 2.47. The van der Waals surface area contributed by atoms with E-state index in [2.05, 4.69) is 9.98 Å². The Hall–Kier alpha value is -2.36. The summed E-state index contributed by atoms with van der Waals surface area (Å²) in [4.78, 5) is 18.5. The number of hydrogen-bond acceptors (Lipinski definition) is 2. The molecule has 4 nitrogen and oxygen atoms in total. The van der Waals surface area contributed by atoms with Crippen LogP contribution >= 0.6 is 0 Å². The van der Waals surface area contributed by atoms with Crippen LogP contribution in [0.2, 0.25) is 0 Å². The molecule has 1 aromatic heterocycles. The second-order valence-electron chi connectivity index (χ2n) is 4.40. The Morgan fingerprint density at radius 2 is 2.28 bits per heavy atom. The van der Waals surface area contributed by atoms with E-state index in [0.717, 1.165) is 16.3 Å². The van der Waals surface area contributed by atoms with Crippen LogP contribution in [0.5, 0.6) is 0 Å². The number of carboxylic acid groups (broad SMARTS) is 1. The molecule has 90 valence electrons. The maximum Gasteiger partial charge on any atom is 0.306 e. The highest BCUT2D eigenvalue weighted by molar-refractivity contribution is 5.89. The number of nitrogens with one attached hydrogen (secondary N) is 1. The molecule has 18 heavy (non-hydrogen) atoms.